The van der Waals surface area contributed by atoms with Crippen LogP contribution in [0.1, 0.15) is 17.5 Å². The van der Waals surface area contributed by atoms with Crippen molar-refractivity contribution in [1.82, 2.24) is 0 Å². The van der Waals surface area contributed by atoms with E-state index in [1.807, 2.05) is 0 Å². The highest BCUT2D eigenvalue weighted by Crippen LogP contribution is 2.18. The van der Waals surface area contributed by atoms with E-state index in [9.17, 15) is 14.4 Å². The van der Waals surface area contributed by atoms with E-state index in [0.29, 0.717) is 16.7 Å². The average Bonchev–Trinajstić information content (AvgIpc) is 2.56. The molecule has 1 heterocycles. The molecule has 1 aromatic heterocycles. The van der Waals surface area contributed by atoms with Gasteiger partial charge in [0.1, 0.15) is 11.3 Å². The Balaban J connectivity index is 1.82. The van der Waals surface area contributed by atoms with E-state index >= 15 is 0 Å². The molecule has 0 saturated heterocycles. The molecule has 1 amide bonds. The molecule has 0 fully saturated rings. The Morgan fingerprint density at radius 1 is 1.04 bits per heavy atom. The zero-order valence-electron chi connectivity index (χ0n) is 12.7. The second kappa shape index (κ2) is 6.37. The molecule has 0 saturated carbocycles. The number of nitrogens with one attached hydrogen (secondary N) is 1. The lowest BCUT2D eigenvalue weighted by Crippen LogP contribution is -2.12. The van der Waals surface area contributed by atoms with Crippen LogP contribution < -0.4 is 15.5 Å². The first-order chi connectivity index (χ1) is 11.5. The van der Waals surface area contributed by atoms with Gasteiger partial charge < -0.3 is 14.5 Å². The van der Waals surface area contributed by atoms with Gasteiger partial charge >= 0.3 is 5.97 Å². The topological polar surface area (TPSA) is 85.6 Å². The maximum absolute atomic E-state index is 12.1. The summed E-state index contributed by atoms with van der Waals surface area (Å²) in [6.07, 6.45) is 0. The van der Waals surface area contributed by atoms with Crippen LogP contribution in [0.5, 0.6) is 5.75 Å². The van der Waals surface area contributed by atoms with E-state index < -0.39 is 5.97 Å². The molecule has 3 rings (SSSR count). The van der Waals surface area contributed by atoms with Crippen molar-refractivity contribution in [3.63, 3.8) is 0 Å². The van der Waals surface area contributed by atoms with E-state index in [4.69, 9.17) is 9.15 Å². The van der Waals surface area contributed by atoms with Crippen molar-refractivity contribution in [2.24, 2.45) is 0 Å². The van der Waals surface area contributed by atoms with Gasteiger partial charge in [0.05, 0.1) is 5.39 Å². The van der Waals surface area contributed by atoms with E-state index in [1.165, 1.54) is 19.1 Å². The number of fused-ring (bicyclic) bond motifs is 1. The number of carbonyl (C=O) groups excluding carboxylic acids is 2. The van der Waals surface area contributed by atoms with Gasteiger partial charge in [-0.2, -0.15) is 0 Å². The van der Waals surface area contributed by atoms with Crippen molar-refractivity contribution in [2.75, 3.05) is 5.32 Å². The van der Waals surface area contributed by atoms with Crippen molar-refractivity contribution in [2.45, 2.75) is 6.92 Å². The van der Waals surface area contributed by atoms with E-state index in [2.05, 4.69) is 5.32 Å². The van der Waals surface area contributed by atoms with Gasteiger partial charge in [-0.3, -0.25) is 9.59 Å². The monoisotopic (exact) mass is 323 g/mol. The molecular formula is C18H13NO5. The molecule has 0 spiro atoms. The molecule has 1 N–H and O–H groups in total. The van der Waals surface area contributed by atoms with E-state index in [1.54, 1.807) is 36.4 Å². The number of hydrogen-bond acceptors (Lipinski definition) is 5. The maximum Gasteiger partial charge on any atom is 0.379 e. The molecule has 0 bridgehead atoms. The number of ether oxygens (including phenoxy) is 1. The van der Waals surface area contributed by atoms with Crippen LogP contribution in [0.4, 0.5) is 5.69 Å². The highest BCUT2D eigenvalue weighted by Gasteiger charge is 2.14. The summed E-state index contributed by atoms with van der Waals surface area (Å²) in [4.78, 5) is 35.1. The molecule has 0 aliphatic rings. The van der Waals surface area contributed by atoms with Gasteiger partial charge in [0, 0.05) is 18.7 Å². The fourth-order valence-corrected chi connectivity index (χ4v) is 2.17. The van der Waals surface area contributed by atoms with Crippen molar-refractivity contribution < 1.29 is 18.7 Å². The summed E-state index contributed by atoms with van der Waals surface area (Å²) in [6, 6.07) is 14.0. The second-order valence-corrected chi connectivity index (χ2v) is 5.07. The fourth-order valence-electron chi connectivity index (χ4n) is 2.17. The lowest BCUT2D eigenvalue weighted by molar-refractivity contribution is -0.114. The van der Waals surface area contributed by atoms with Crippen LogP contribution in [0.3, 0.4) is 0 Å². The Morgan fingerprint density at radius 2 is 1.75 bits per heavy atom. The number of para-hydroxylation sites is 1. The van der Waals surface area contributed by atoms with Crippen LogP contribution in [0.2, 0.25) is 0 Å². The summed E-state index contributed by atoms with van der Waals surface area (Å²) in [5, 5.41) is 3.00. The van der Waals surface area contributed by atoms with Crippen LogP contribution in [-0.4, -0.2) is 11.9 Å². The molecule has 0 radical (unpaired) electrons. The van der Waals surface area contributed by atoms with E-state index in [0.717, 1.165) is 6.07 Å². The molecule has 24 heavy (non-hydrogen) atoms. The van der Waals surface area contributed by atoms with Gasteiger partial charge in [0.15, 0.2) is 5.43 Å². The van der Waals surface area contributed by atoms with Gasteiger partial charge in [-0.1, -0.05) is 12.1 Å². The molecule has 6 nitrogen and oxygen atoms in total. The largest absolute Gasteiger partial charge is 0.449 e. The summed E-state index contributed by atoms with van der Waals surface area (Å²) >= 11 is 0. The van der Waals surface area contributed by atoms with Crippen molar-refractivity contribution in [3.05, 3.63) is 70.6 Å². The third kappa shape index (κ3) is 3.33. The summed E-state index contributed by atoms with van der Waals surface area (Å²) in [5.74, 6) is -0.877. The highest BCUT2D eigenvalue weighted by atomic mass is 16.5. The number of carbonyl (C=O) groups is 2. The summed E-state index contributed by atoms with van der Waals surface area (Å²) in [7, 11) is 0. The molecule has 120 valence electrons. The lowest BCUT2D eigenvalue weighted by atomic mass is 10.2. The highest BCUT2D eigenvalue weighted by molar-refractivity contribution is 5.91. The number of amides is 1. The van der Waals surface area contributed by atoms with Crippen molar-refractivity contribution >= 4 is 28.5 Å². The molecular weight excluding hydrogens is 310 g/mol. The van der Waals surface area contributed by atoms with Gasteiger partial charge in [0.2, 0.25) is 11.7 Å². The first kappa shape index (κ1) is 15.5. The van der Waals surface area contributed by atoms with Crippen LogP contribution in [0.15, 0.2) is 63.8 Å². The first-order valence-electron chi connectivity index (χ1n) is 7.15. The number of hydrogen-bond donors (Lipinski definition) is 1. The molecule has 0 atom stereocenters. The van der Waals surface area contributed by atoms with Crippen LogP contribution >= 0.6 is 0 Å². The zero-order chi connectivity index (χ0) is 17.1. The quantitative estimate of drug-likeness (QED) is 0.591. The fraction of sp³-hybridized carbons (Fsp3) is 0.0556. The standard InChI is InChI=1S/C18H13NO5/c1-11(20)19-12-6-8-13(9-7-12)23-18(22)17-10-15(21)14-4-2-3-5-16(14)24-17/h2-10H,1H3,(H,19,20). The Labute approximate surface area is 136 Å². The molecule has 0 unspecified atom stereocenters. The molecule has 3 aromatic rings. The third-order valence-electron chi connectivity index (χ3n) is 3.22. The van der Waals surface area contributed by atoms with Gasteiger partial charge in [-0.15, -0.1) is 0 Å². The van der Waals surface area contributed by atoms with Gasteiger partial charge in [-0.25, -0.2) is 4.79 Å². The average molecular weight is 323 g/mol. The minimum Gasteiger partial charge on any atom is -0.449 e. The van der Waals surface area contributed by atoms with Crippen molar-refractivity contribution in [1.29, 1.82) is 0 Å². The second-order valence-electron chi connectivity index (χ2n) is 5.07. The zero-order valence-corrected chi connectivity index (χ0v) is 12.7. The van der Waals surface area contributed by atoms with Crippen LogP contribution in [0, 0.1) is 0 Å². The smallest absolute Gasteiger partial charge is 0.379 e. The third-order valence-corrected chi connectivity index (χ3v) is 3.22. The normalized spacial score (nSPS) is 10.4. The Morgan fingerprint density at radius 3 is 2.46 bits per heavy atom. The minimum atomic E-state index is -0.773. The Hall–Kier alpha value is -3.41. The summed E-state index contributed by atoms with van der Waals surface area (Å²) in [6.45, 7) is 1.40. The molecule has 6 heteroatoms. The predicted molar refractivity (Wildman–Crippen MR) is 88.2 cm³/mol. The van der Waals surface area contributed by atoms with Crippen LogP contribution in [-0.2, 0) is 4.79 Å². The lowest BCUT2D eigenvalue weighted by Gasteiger charge is -2.06. The molecule has 0 aliphatic heterocycles. The predicted octanol–water partition coefficient (Wildman–Crippen LogP) is 2.97. The molecule has 0 aliphatic carbocycles. The number of esters is 1. The van der Waals surface area contributed by atoms with Gasteiger partial charge in [-0.05, 0) is 36.4 Å². The van der Waals surface area contributed by atoms with Gasteiger partial charge in [0.25, 0.3) is 0 Å². The SMILES string of the molecule is CC(=O)Nc1ccc(OC(=O)c2cc(=O)c3ccccc3o2)cc1. The van der Waals surface area contributed by atoms with E-state index in [-0.39, 0.29) is 22.8 Å². The Bertz CT molecular complexity index is 973. The summed E-state index contributed by atoms with van der Waals surface area (Å²) in [5.41, 5.74) is 0.585. The number of rotatable bonds is 3. The summed E-state index contributed by atoms with van der Waals surface area (Å²) < 4.78 is 10.6. The minimum absolute atomic E-state index is 0.176. The van der Waals surface area contributed by atoms with Crippen molar-refractivity contribution in [3.8, 4) is 5.75 Å². The maximum atomic E-state index is 12.1. The molecule has 2 aromatic carbocycles. The van der Waals surface area contributed by atoms with Crippen LogP contribution in [0.25, 0.3) is 11.0 Å². The number of benzene rings is 2. The Kier molecular flexibility index (Phi) is 4.11. The number of anilines is 1. The first-order valence-corrected chi connectivity index (χ1v) is 7.15.